The number of hydrogen-bond acceptors (Lipinski definition) is 2. The number of quaternary nitrogens is 1. The van der Waals surface area contributed by atoms with Crippen LogP contribution in [-0.4, -0.2) is 54.5 Å². The van der Waals surface area contributed by atoms with E-state index < -0.39 is 0 Å². The predicted octanol–water partition coefficient (Wildman–Crippen LogP) is 1.19. The number of aliphatic hydroxyl groups excluding tert-OH is 1. The fourth-order valence-electron chi connectivity index (χ4n) is 1.32. The first-order chi connectivity index (χ1) is 6.52. The van der Waals surface area contributed by atoms with Crippen LogP contribution in [0.5, 0.6) is 0 Å². The van der Waals surface area contributed by atoms with Crippen LogP contribution in [0.4, 0.5) is 0 Å². The molecule has 0 aliphatic carbocycles. The molecule has 14 heavy (non-hydrogen) atoms. The summed E-state index contributed by atoms with van der Waals surface area (Å²) in [7, 11) is 4.15. The van der Waals surface area contributed by atoms with Crippen LogP contribution in [0.3, 0.4) is 0 Å². The molecule has 0 aromatic rings. The maximum absolute atomic E-state index is 11.2. The van der Waals surface area contributed by atoms with Gasteiger partial charge in [0.25, 0.3) is 0 Å². The smallest absolute Gasteiger partial charge is 0.133 e. The molecular weight excluding hydrogens is 246 g/mol. The highest BCUT2D eigenvalue weighted by Crippen LogP contribution is 2.03. The van der Waals surface area contributed by atoms with Crippen molar-refractivity contribution in [2.45, 2.75) is 19.3 Å². The number of rotatable bonds is 8. The van der Waals surface area contributed by atoms with E-state index in [1.807, 2.05) is 0 Å². The highest BCUT2D eigenvalue weighted by Gasteiger charge is 2.14. The van der Waals surface area contributed by atoms with Gasteiger partial charge in [-0.2, -0.15) is 0 Å². The molecule has 0 heterocycles. The van der Waals surface area contributed by atoms with Crippen LogP contribution >= 0.6 is 15.9 Å². The van der Waals surface area contributed by atoms with Crippen molar-refractivity contribution in [2.75, 3.05) is 39.1 Å². The molecule has 0 atom stereocenters. The quantitative estimate of drug-likeness (QED) is 0.530. The first-order valence-corrected chi connectivity index (χ1v) is 6.14. The van der Waals surface area contributed by atoms with E-state index in [9.17, 15) is 4.79 Å². The summed E-state index contributed by atoms with van der Waals surface area (Å²) >= 11 is 3.25. The van der Waals surface area contributed by atoms with Crippen LogP contribution in [-0.2, 0) is 4.79 Å². The third kappa shape index (κ3) is 7.47. The molecular formula is C10H21BrNO2+. The van der Waals surface area contributed by atoms with Gasteiger partial charge in [-0.15, -0.1) is 0 Å². The molecule has 0 unspecified atom stereocenters. The summed E-state index contributed by atoms with van der Waals surface area (Å²) in [6, 6.07) is 0. The SMILES string of the molecule is C[N+](C)(CCO)CCCC(=O)CCBr. The van der Waals surface area contributed by atoms with Crippen molar-refractivity contribution in [3.05, 3.63) is 0 Å². The molecule has 0 rings (SSSR count). The zero-order chi connectivity index (χ0) is 11.0. The van der Waals surface area contributed by atoms with Gasteiger partial charge in [-0.1, -0.05) is 15.9 Å². The summed E-state index contributed by atoms with van der Waals surface area (Å²) in [6.45, 7) is 1.92. The Morgan fingerprint density at radius 1 is 1.29 bits per heavy atom. The highest BCUT2D eigenvalue weighted by atomic mass is 79.9. The Labute approximate surface area is 94.8 Å². The summed E-state index contributed by atoms with van der Waals surface area (Å²) in [6.07, 6.45) is 2.21. The van der Waals surface area contributed by atoms with Gasteiger partial charge in [0.15, 0.2) is 0 Å². The monoisotopic (exact) mass is 266 g/mol. The Kier molecular flexibility index (Phi) is 7.41. The number of carbonyl (C=O) groups excluding carboxylic acids is 1. The average molecular weight is 267 g/mol. The third-order valence-electron chi connectivity index (χ3n) is 2.30. The van der Waals surface area contributed by atoms with Gasteiger partial charge >= 0.3 is 0 Å². The van der Waals surface area contributed by atoms with Gasteiger partial charge in [-0.3, -0.25) is 4.79 Å². The molecule has 84 valence electrons. The second kappa shape index (κ2) is 7.37. The number of ketones is 1. The number of Topliss-reactive ketones (excluding diaryl/α,β-unsaturated/α-hetero) is 1. The lowest BCUT2D eigenvalue weighted by Gasteiger charge is -2.28. The van der Waals surface area contributed by atoms with E-state index in [4.69, 9.17) is 5.11 Å². The second-order valence-electron chi connectivity index (χ2n) is 4.19. The van der Waals surface area contributed by atoms with Crippen LogP contribution in [0.25, 0.3) is 0 Å². The van der Waals surface area contributed by atoms with E-state index in [2.05, 4.69) is 30.0 Å². The minimum Gasteiger partial charge on any atom is -0.391 e. The molecule has 4 heteroatoms. The molecule has 0 radical (unpaired) electrons. The van der Waals surface area contributed by atoms with Crippen LogP contribution in [0.1, 0.15) is 19.3 Å². The maximum atomic E-state index is 11.2. The summed E-state index contributed by atoms with van der Waals surface area (Å²) in [5, 5.41) is 9.57. The van der Waals surface area contributed by atoms with Gasteiger partial charge in [-0.05, 0) is 0 Å². The average Bonchev–Trinajstić information content (AvgIpc) is 2.03. The molecule has 0 saturated heterocycles. The topological polar surface area (TPSA) is 37.3 Å². The van der Waals surface area contributed by atoms with Gasteiger partial charge in [0.2, 0.25) is 0 Å². The Morgan fingerprint density at radius 2 is 1.93 bits per heavy atom. The van der Waals surface area contributed by atoms with Crippen molar-refractivity contribution in [2.24, 2.45) is 0 Å². The molecule has 3 nitrogen and oxygen atoms in total. The molecule has 1 N–H and O–H groups in total. The second-order valence-corrected chi connectivity index (χ2v) is 4.98. The number of likely N-dealkylation sites (N-methyl/N-ethyl adjacent to an activating group) is 1. The molecule has 0 aliphatic heterocycles. The van der Waals surface area contributed by atoms with Crippen LogP contribution in [0, 0.1) is 0 Å². The van der Waals surface area contributed by atoms with Crippen molar-refractivity contribution in [1.82, 2.24) is 0 Å². The lowest BCUT2D eigenvalue weighted by atomic mass is 10.1. The molecule has 0 aromatic heterocycles. The molecule has 0 saturated carbocycles. The molecule has 0 amide bonds. The maximum Gasteiger partial charge on any atom is 0.133 e. The minimum absolute atomic E-state index is 0.211. The van der Waals surface area contributed by atoms with Gasteiger partial charge in [0.1, 0.15) is 12.3 Å². The summed E-state index contributed by atoms with van der Waals surface area (Å²) in [5.74, 6) is 0.325. The third-order valence-corrected chi connectivity index (χ3v) is 2.69. The number of halogens is 1. The largest absolute Gasteiger partial charge is 0.391 e. The lowest BCUT2D eigenvalue weighted by Crippen LogP contribution is -2.42. The van der Waals surface area contributed by atoms with E-state index in [-0.39, 0.29) is 6.61 Å². The van der Waals surface area contributed by atoms with Crippen molar-refractivity contribution >= 4 is 21.7 Å². The zero-order valence-corrected chi connectivity index (χ0v) is 10.7. The molecule has 0 aromatic carbocycles. The van der Waals surface area contributed by atoms with Crippen LogP contribution < -0.4 is 0 Å². The molecule has 0 aliphatic rings. The molecule has 0 spiro atoms. The predicted molar refractivity (Wildman–Crippen MR) is 61.6 cm³/mol. The van der Waals surface area contributed by atoms with Crippen LogP contribution in [0.2, 0.25) is 0 Å². The summed E-state index contributed by atoms with van der Waals surface area (Å²) in [5.41, 5.74) is 0. The Bertz CT molecular complexity index is 172. The standard InChI is InChI=1S/C10H21BrNO2/c1-12(2,8-9-13)7-3-4-10(14)5-6-11/h13H,3-9H2,1-2H3/q+1. The van der Waals surface area contributed by atoms with Gasteiger partial charge < -0.3 is 9.59 Å². The van der Waals surface area contributed by atoms with Crippen molar-refractivity contribution in [3.8, 4) is 0 Å². The van der Waals surface area contributed by atoms with Crippen LogP contribution in [0.15, 0.2) is 0 Å². The van der Waals surface area contributed by atoms with E-state index in [1.54, 1.807) is 0 Å². The van der Waals surface area contributed by atoms with E-state index >= 15 is 0 Å². The fraction of sp³-hybridized carbons (Fsp3) is 0.900. The summed E-state index contributed by atoms with van der Waals surface area (Å²) < 4.78 is 0.790. The number of nitrogens with zero attached hydrogens (tertiary/aromatic N) is 1. The lowest BCUT2D eigenvalue weighted by molar-refractivity contribution is -0.890. The summed E-state index contributed by atoms with van der Waals surface area (Å²) in [4.78, 5) is 11.2. The number of alkyl halides is 1. The number of hydrogen-bond donors (Lipinski definition) is 1. The zero-order valence-electron chi connectivity index (χ0n) is 9.13. The Balaban J connectivity index is 3.57. The fourth-order valence-corrected chi connectivity index (χ4v) is 1.76. The van der Waals surface area contributed by atoms with Crippen molar-refractivity contribution in [1.29, 1.82) is 0 Å². The van der Waals surface area contributed by atoms with Crippen molar-refractivity contribution in [3.63, 3.8) is 0 Å². The first kappa shape index (κ1) is 14.1. The minimum atomic E-state index is 0.211. The highest BCUT2D eigenvalue weighted by molar-refractivity contribution is 9.09. The first-order valence-electron chi connectivity index (χ1n) is 5.02. The Morgan fingerprint density at radius 3 is 2.43 bits per heavy atom. The normalized spacial score (nSPS) is 11.7. The van der Waals surface area contributed by atoms with E-state index in [1.165, 1.54) is 0 Å². The number of carbonyl (C=O) groups is 1. The van der Waals surface area contributed by atoms with Gasteiger partial charge in [0, 0.05) is 24.6 Å². The van der Waals surface area contributed by atoms with E-state index in [0.29, 0.717) is 18.6 Å². The van der Waals surface area contributed by atoms with Crippen molar-refractivity contribution < 1.29 is 14.4 Å². The Hall–Kier alpha value is 0.0700. The van der Waals surface area contributed by atoms with Gasteiger partial charge in [-0.25, -0.2) is 0 Å². The van der Waals surface area contributed by atoms with E-state index in [0.717, 1.165) is 29.3 Å². The number of aliphatic hydroxyl groups is 1. The molecule has 0 bridgehead atoms. The molecule has 0 fully saturated rings. The van der Waals surface area contributed by atoms with Gasteiger partial charge in [0.05, 0.1) is 27.2 Å².